The standard InChI is InChI=1S/C22H19N5O2S.C15H18N2O3.C9H6N2S/c1-12-10-14(6-8-17(12)23-5)26-20(29)22(3,4)27(21(26)30)15-7-9-18-16(11-15)19(28)25-13(2)24-18;1-9-16-12-6-5-10(7-11(12)13(18)17-9)8-15(2,3)14(19)20-4;1-7-5-8(11-6-12)3-4-9(7)10-2/h6-11H,1-4H3,(H,24,25,28);5-7H,8H2,1-4H3,(H,16,17,18);3-5H,1H3. The largest absolute Gasteiger partial charge is 0.469 e. The third-order valence-electron chi connectivity index (χ3n) is 10.0. The number of H-pyrrole nitrogens is 2. The molecule has 2 aromatic heterocycles. The van der Waals surface area contributed by atoms with Gasteiger partial charge in [-0.2, -0.15) is 4.99 Å². The summed E-state index contributed by atoms with van der Waals surface area (Å²) in [6, 6.07) is 21.2. The number of fused-ring (bicyclic) bond motifs is 2. The number of isothiocyanates is 1. The summed E-state index contributed by atoms with van der Waals surface area (Å²) >= 11 is 10.2. The van der Waals surface area contributed by atoms with Gasteiger partial charge in [-0.25, -0.2) is 19.7 Å². The molecule has 314 valence electrons. The SMILES string of the molecule is COC(=O)C(C)(C)Cc1ccc2nc(C)[nH]c(=O)c2c1.[C-]#[N+]c1ccc(N2C(=O)C(C)(C)N(c3ccc4nc(C)[nH]c(=O)c4c3)C2=S)cc1C.[C-]#[N+]c1ccc(N=C=S)cc1C. The number of ether oxygens (including phenoxy) is 1. The Morgan fingerprint density at radius 2 is 1.35 bits per heavy atom. The number of benzene rings is 4. The molecule has 4 aromatic carbocycles. The second-order valence-electron chi connectivity index (χ2n) is 15.6. The first-order chi connectivity index (χ1) is 29.3. The highest BCUT2D eigenvalue weighted by Crippen LogP contribution is 2.38. The Labute approximate surface area is 369 Å². The minimum absolute atomic E-state index is 0.162. The lowest BCUT2D eigenvalue weighted by atomic mass is 9.85. The van der Waals surface area contributed by atoms with Crippen molar-refractivity contribution in [3.05, 3.63) is 145 Å². The van der Waals surface area contributed by atoms with Gasteiger partial charge in [0.05, 0.1) is 58.3 Å². The maximum Gasteiger partial charge on any atom is 0.311 e. The van der Waals surface area contributed by atoms with Crippen LogP contribution in [0.2, 0.25) is 0 Å². The van der Waals surface area contributed by atoms with Crippen molar-refractivity contribution >= 4 is 96.8 Å². The van der Waals surface area contributed by atoms with E-state index in [1.165, 1.54) is 12.0 Å². The molecule has 0 spiro atoms. The number of nitrogens with one attached hydrogen (secondary N) is 2. The molecule has 6 aromatic rings. The Bertz CT molecular complexity index is 3040. The fraction of sp³-hybridized carbons (Fsp3) is 0.261. The van der Waals surface area contributed by atoms with Gasteiger partial charge in [-0.15, -0.1) is 0 Å². The van der Waals surface area contributed by atoms with Gasteiger partial charge in [0.1, 0.15) is 17.2 Å². The van der Waals surface area contributed by atoms with E-state index < -0.39 is 11.0 Å². The highest BCUT2D eigenvalue weighted by Gasteiger charge is 2.50. The third-order valence-corrected chi connectivity index (χ3v) is 10.5. The molecule has 0 unspecified atom stereocenters. The molecule has 0 saturated carbocycles. The van der Waals surface area contributed by atoms with Gasteiger partial charge >= 0.3 is 5.97 Å². The fourth-order valence-corrected chi connectivity index (χ4v) is 7.53. The quantitative estimate of drug-likeness (QED) is 0.0714. The van der Waals surface area contributed by atoms with Crippen molar-refractivity contribution in [2.24, 2.45) is 10.4 Å². The van der Waals surface area contributed by atoms with Crippen LogP contribution in [0.1, 0.15) is 56.0 Å². The molecule has 0 aliphatic carbocycles. The zero-order valence-electron chi connectivity index (χ0n) is 35.6. The van der Waals surface area contributed by atoms with E-state index in [1.54, 1.807) is 87.2 Å². The summed E-state index contributed by atoms with van der Waals surface area (Å²) in [5, 5.41) is 3.56. The third kappa shape index (κ3) is 9.70. The van der Waals surface area contributed by atoms with E-state index in [4.69, 9.17) is 30.1 Å². The number of aliphatic imine (C=N–C) groups is 1. The van der Waals surface area contributed by atoms with Gasteiger partial charge in [-0.1, -0.05) is 18.2 Å². The zero-order valence-corrected chi connectivity index (χ0v) is 37.3. The van der Waals surface area contributed by atoms with Crippen molar-refractivity contribution in [2.75, 3.05) is 16.9 Å². The van der Waals surface area contributed by atoms with Gasteiger partial charge in [-0.3, -0.25) is 24.1 Å². The summed E-state index contributed by atoms with van der Waals surface area (Å²) in [7, 11) is 1.38. The molecule has 0 atom stereocenters. The number of aromatic amines is 2. The molecular formula is C46H43N9O5S2. The number of carbonyl (C=O) groups is 2. The Hall–Kier alpha value is -7.23. The number of hydrogen-bond donors (Lipinski definition) is 2. The number of esters is 1. The number of methoxy groups -OCH3 is 1. The van der Waals surface area contributed by atoms with E-state index in [9.17, 15) is 19.2 Å². The number of amides is 1. The molecule has 0 bridgehead atoms. The highest BCUT2D eigenvalue weighted by atomic mass is 32.1. The van der Waals surface area contributed by atoms with Crippen molar-refractivity contribution in [3.63, 3.8) is 0 Å². The minimum Gasteiger partial charge on any atom is -0.469 e. The van der Waals surface area contributed by atoms with Gasteiger partial charge in [0, 0.05) is 11.4 Å². The van der Waals surface area contributed by atoms with Gasteiger partial charge in [0.15, 0.2) is 16.5 Å². The van der Waals surface area contributed by atoms with Crippen LogP contribution in [0.4, 0.5) is 28.4 Å². The lowest BCUT2D eigenvalue weighted by Gasteiger charge is -2.29. The Morgan fingerprint density at radius 1 is 0.823 bits per heavy atom. The summed E-state index contributed by atoms with van der Waals surface area (Å²) < 4.78 is 4.79. The first-order valence-corrected chi connectivity index (χ1v) is 19.9. The molecule has 16 heteroatoms. The average Bonchev–Trinajstić information content (AvgIpc) is 3.39. The maximum atomic E-state index is 13.3. The number of anilines is 2. The van der Waals surface area contributed by atoms with Crippen LogP contribution in [0.5, 0.6) is 0 Å². The van der Waals surface area contributed by atoms with E-state index in [0.717, 1.165) is 22.4 Å². The normalized spacial score (nSPS) is 13.0. The topological polar surface area (TPSA) is 162 Å². The van der Waals surface area contributed by atoms with E-state index in [2.05, 4.69) is 52.0 Å². The molecule has 1 fully saturated rings. The molecule has 62 heavy (non-hydrogen) atoms. The van der Waals surface area contributed by atoms with Crippen LogP contribution >= 0.6 is 24.4 Å². The monoisotopic (exact) mass is 865 g/mol. The van der Waals surface area contributed by atoms with Crippen LogP contribution in [-0.2, 0) is 20.7 Å². The first kappa shape index (κ1) is 45.8. The van der Waals surface area contributed by atoms with Gasteiger partial charge in [-0.05, 0) is 158 Å². The number of carbonyl (C=O) groups excluding carboxylic acids is 2. The molecule has 7 rings (SSSR count). The number of hydrogen-bond acceptors (Lipinski definition) is 10. The van der Waals surface area contributed by atoms with Crippen LogP contribution in [-0.4, -0.2) is 54.7 Å². The second kappa shape index (κ2) is 18.6. The number of rotatable bonds is 6. The van der Waals surface area contributed by atoms with Crippen molar-refractivity contribution in [3.8, 4) is 0 Å². The second-order valence-corrected chi connectivity index (χ2v) is 16.1. The lowest BCUT2D eigenvalue weighted by Crippen LogP contribution is -2.44. The number of aromatic nitrogens is 4. The van der Waals surface area contributed by atoms with Crippen LogP contribution in [0, 0.1) is 46.3 Å². The summed E-state index contributed by atoms with van der Waals surface area (Å²) in [4.78, 5) is 77.2. The van der Waals surface area contributed by atoms with E-state index in [-0.39, 0.29) is 23.0 Å². The van der Waals surface area contributed by atoms with Crippen LogP contribution in [0.15, 0.2) is 87.4 Å². The van der Waals surface area contributed by atoms with Crippen molar-refractivity contribution < 1.29 is 14.3 Å². The predicted molar refractivity (Wildman–Crippen MR) is 250 cm³/mol. The molecule has 2 N–H and O–H groups in total. The summed E-state index contributed by atoms with van der Waals surface area (Å²) in [5.74, 6) is 0.675. The van der Waals surface area contributed by atoms with E-state index in [1.807, 2.05) is 45.9 Å². The Balaban J connectivity index is 0.000000195. The minimum atomic E-state index is -0.956. The molecule has 1 aliphatic rings. The summed E-state index contributed by atoms with van der Waals surface area (Å²) in [6.07, 6.45) is 0.503. The lowest BCUT2D eigenvalue weighted by molar-refractivity contribution is -0.150. The molecule has 1 aliphatic heterocycles. The molecule has 0 radical (unpaired) electrons. The molecule has 14 nitrogen and oxygen atoms in total. The maximum absolute atomic E-state index is 13.3. The predicted octanol–water partition coefficient (Wildman–Crippen LogP) is 9.26. The smallest absolute Gasteiger partial charge is 0.311 e. The molecule has 1 saturated heterocycles. The Morgan fingerprint density at radius 3 is 1.89 bits per heavy atom. The van der Waals surface area contributed by atoms with Crippen LogP contribution < -0.4 is 20.9 Å². The molecular weight excluding hydrogens is 823 g/mol. The number of nitrogens with zero attached hydrogens (tertiary/aromatic N) is 7. The fourth-order valence-electron chi connectivity index (χ4n) is 6.90. The van der Waals surface area contributed by atoms with Gasteiger partial charge < -0.3 is 19.6 Å². The van der Waals surface area contributed by atoms with Crippen molar-refractivity contribution in [2.45, 2.75) is 67.3 Å². The Kier molecular flexibility index (Phi) is 13.7. The van der Waals surface area contributed by atoms with Gasteiger partial charge in [0.2, 0.25) is 0 Å². The average molecular weight is 866 g/mol. The number of thiocarbonyl (C=S) groups is 2. The molecule has 3 heterocycles. The zero-order chi connectivity index (χ0) is 45.7. The van der Waals surface area contributed by atoms with Crippen LogP contribution in [0.25, 0.3) is 31.5 Å². The summed E-state index contributed by atoms with van der Waals surface area (Å²) in [6.45, 7) is 28.4. The summed E-state index contributed by atoms with van der Waals surface area (Å²) in [5.41, 5.74) is 5.02. The van der Waals surface area contributed by atoms with Crippen LogP contribution in [0.3, 0.4) is 0 Å². The van der Waals surface area contributed by atoms with E-state index >= 15 is 0 Å². The van der Waals surface area contributed by atoms with Crippen molar-refractivity contribution in [1.29, 1.82) is 0 Å². The molecule has 1 amide bonds. The van der Waals surface area contributed by atoms with E-state index in [0.29, 0.717) is 67.7 Å². The highest BCUT2D eigenvalue weighted by molar-refractivity contribution is 7.81. The van der Waals surface area contributed by atoms with Crippen molar-refractivity contribution in [1.82, 2.24) is 19.9 Å². The first-order valence-electron chi connectivity index (χ1n) is 19.1. The number of aryl methyl sites for hydroxylation is 4. The van der Waals surface area contributed by atoms with Gasteiger partial charge in [0.25, 0.3) is 17.0 Å².